The van der Waals surface area contributed by atoms with Crippen molar-refractivity contribution in [2.75, 3.05) is 11.9 Å². The molecule has 3 rings (SSSR count). The monoisotopic (exact) mass is 272 g/mol. The van der Waals surface area contributed by atoms with Gasteiger partial charge in [-0.05, 0) is 25.0 Å². The maximum atomic E-state index is 12.2. The SMILES string of the molecule is NCC1(C(=O)Nc2ccc(-n3cncn3)nc2)CCC1. The normalized spacial score (nSPS) is 16.4. The molecule has 0 bridgehead atoms. The lowest BCUT2D eigenvalue weighted by Crippen LogP contribution is -2.47. The lowest BCUT2D eigenvalue weighted by molar-refractivity contribution is -0.129. The second kappa shape index (κ2) is 5.01. The fourth-order valence-corrected chi connectivity index (χ4v) is 2.31. The minimum absolute atomic E-state index is 0.0124. The van der Waals surface area contributed by atoms with Crippen molar-refractivity contribution in [2.24, 2.45) is 11.1 Å². The van der Waals surface area contributed by atoms with Crippen LogP contribution < -0.4 is 11.1 Å². The van der Waals surface area contributed by atoms with Crippen LogP contribution in [-0.2, 0) is 4.79 Å². The third-order valence-corrected chi connectivity index (χ3v) is 3.84. The number of anilines is 1. The number of nitrogens with one attached hydrogen (secondary N) is 1. The van der Waals surface area contributed by atoms with Gasteiger partial charge in [0.1, 0.15) is 12.7 Å². The van der Waals surface area contributed by atoms with Gasteiger partial charge in [-0.1, -0.05) is 6.42 Å². The van der Waals surface area contributed by atoms with Gasteiger partial charge in [0.2, 0.25) is 5.91 Å². The Morgan fingerprint density at radius 1 is 1.45 bits per heavy atom. The molecule has 3 N–H and O–H groups in total. The molecule has 2 heterocycles. The number of carbonyl (C=O) groups is 1. The predicted molar refractivity (Wildman–Crippen MR) is 73.1 cm³/mol. The van der Waals surface area contributed by atoms with E-state index in [1.807, 2.05) is 0 Å². The zero-order valence-electron chi connectivity index (χ0n) is 11.0. The lowest BCUT2D eigenvalue weighted by Gasteiger charge is -2.39. The van der Waals surface area contributed by atoms with Crippen molar-refractivity contribution in [2.45, 2.75) is 19.3 Å². The number of nitrogens with two attached hydrogens (primary N) is 1. The molecule has 2 aromatic rings. The molecule has 0 atom stereocenters. The molecule has 0 unspecified atom stereocenters. The number of hydrogen-bond acceptors (Lipinski definition) is 5. The lowest BCUT2D eigenvalue weighted by atomic mass is 9.68. The van der Waals surface area contributed by atoms with Crippen molar-refractivity contribution in [3.63, 3.8) is 0 Å². The highest BCUT2D eigenvalue weighted by Gasteiger charge is 2.42. The fourth-order valence-electron chi connectivity index (χ4n) is 2.31. The molecule has 7 heteroatoms. The van der Waals surface area contributed by atoms with E-state index in [0.29, 0.717) is 18.1 Å². The van der Waals surface area contributed by atoms with Gasteiger partial charge in [0.05, 0.1) is 17.3 Å². The molecule has 0 spiro atoms. The van der Waals surface area contributed by atoms with Crippen LogP contribution in [0.1, 0.15) is 19.3 Å². The number of aromatic nitrogens is 4. The molecular weight excluding hydrogens is 256 g/mol. The van der Waals surface area contributed by atoms with Gasteiger partial charge in [0, 0.05) is 6.54 Å². The highest BCUT2D eigenvalue weighted by molar-refractivity contribution is 5.96. The van der Waals surface area contributed by atoms with Gasteiger partial charge in [-0.2, -0.15) is 5.10 Å². The predicted octanol–water partition coefficient (Wildman–Crippen LogP) is 0.730. The maximum absolute atomic E-state index is 12.2. The first-order valence-corrected chi connectivity index (χ1v) is 6.56. The van der Waals surface area contributed by atoms with Crippen molar-refractivity contribution in [1.82, 2.24) is 19.7 Å². The van der Waals surface area contributed by atoms with Crippen LogP contribution in [0.4, 0.5) is 5.69 Å². The van der Waals surface area contributed by atoms with Crippen LogP contribution in [0.25, 0.3) is 5.82 Å². The van der Waals surface area contributed by atoms with E-state index in [9.17, 15) is 4.79 Å². The Hall–Kier alpha value is -2.28. The van der Waals surface area contributed by atoms with Crippen LogP contribution in [-0.4, -0.2) is 32.2 Å². The van der Waals surface area contributed by atoms with Crippen LogP contribution in [0.5, 0.6) is 0 Å². The molecule has 7 nitrogen and oxygen atoms in total. The molecule has 1 fully saturated rings. The zero-order chi connectivity index (χ0) is 14.0. The Labute approximate surface area is 116 Å². The van der Waals surface area contributed by atoms with Gasteiger partial charge in [0.25, 0.3) is 0 Å². The summed E-state index contributed by atoms with van der Waals surface area (Å²) >= 11 is 0. The number of hydrogen-bond donors (Lipinski definition) is 2. The molecule has 0 radical (unpaired) electrons. The summed E-state index contributed by atoms with van der Waals surface area (Å²) in [7, 11) is 0. The first kappa shape index (κ1) is 12.7. The second-order valence-corrected chi connectivity index (χ2v) is 5.04. The molecule has 0 aromatic carbocycles. The quantitative estimate of drug-likeness (QED) is 0.854. The number of carbonyl (C=O) groups excluding carboxylic acids is 1. The van der Waals surface area contributed by atoms with E-state index in [2.05, 4.69) is 20.4 Å². The van der Waals surface area contributed by atoms with E-state index in [1.165, 1.54) is 6.33 Å². The van der Waals surface area contributed by atoms with Crippen LogP contribution >= 0.6 is 0 Å². The Balaban J connectivity index is 1.71. The summed E-state index contributed by atoms with van der Waals surface area (Å²) in [5.41, 5.74) is 6.00. The minimum Gasteiger partial charge on any atom is -0.329 e. The van der Waals surface area contributed by atoms with Crippen LogP contribution in [0.2, 0.25) is 0 Å². The molecule has 1 aliphatic carbocycles. The Morgan fingerprint density at radius 3 is 2.80 bits per heavy atom. The molecule has 0 saturated heterocycles. The fraction of sp³-hybridized carbons (Fsp3) is 0.385. The second-order valence-electron chi connectivity index (χ2n) is 5.04. The van der Waals surface area contributed by atoms with Gasteiger partial charge in [0.15, 0.2) is 5.82 Å². The van der Waals surface area contributed by atoms with E-state index in [-0.39, 0.29) is 11.3 Å². The highest BCUT2D eigenvalue weighted by Crippen LogP contribution is 2.40. The van der Waals surface area contributed by atoms with Gasteiger partial charge < -0.3 is 11.1 Å². The molecule has 1 amide bonds. The average molecular weight is 272 g/mol. The van der Waals surface area contributed by atoms with Crippen LogP contribution in [0, 0.1) is 5.41 Å². The summed E-state index contributed by atoms with van der Waals surface area (Å²) in [6, 6.07) is 3.57. The van der Waals surface area contributed by atoms with Crippen molar-refractivity contribution in [3.8, 4) is 5.82 Å². The van der Waals surface area contributed by atoms with E-state index in [4.69, 9.17) is 5.73 Å². The molecule has 20 heavy (non-hydrogen) atoms. The minimum atomic E-state index is -0.384. The molecular formula is C13H16N6O. The molecule has 0 aliphatic heterocycles. The Bertz CT molecular complexity index is 582. The topological polar surface area (TPSA) is 98.7 Å². The first-order chi connectivity index (χ1) is 9.73. The Kier molecular flexibility index (Phi) is 3.19. The standard InChI is InChI=1S/C13H16N6O/c14-7-13(4-1-5-13)12(20)18-10-2-3-11(16-6-10)19-9-15-8-17-19/h2-3,6,8-9H,1,4-5,7,14H2,(H,18,20). The van der Waals surface area contributed by atoms with E-state index < -0.39 is 0 Å². The smallest absolute Gasteiger partial charge is 0.231 e. The zero-order valence-corrected chi connectivity index (χ0v) is 11.0. The van der Waals surface area contributed by atoms with Crippen LogP contribution in [0.15, 0.2) is 31.0 Å². The number of pyridine rings is 1. The van der Waals surface area contributed by atoms with Gasteiger partial charge in [-0.25, -0.2) is 14.6 Å². The third kappa shape index (κ3) is 2.16. The maximum Gasteiger partial charge on any atom is 0.231 e. The Morgan fingerprint density at radius 2 is 2.30 bits per heavy atom. The van der Waals surface area contributed by atoms with Gasteiger partial charge in [-0.15, -0.1) is 0 Å². The van der Waals surface area contributed by atoms with Crippen molar-refractivity contribution < 1.29 is 4.79 Å². The third-order valence-electron chi connectivity index (χ3n) is 3.84. The largest absolute Gasteiger partial charge is 0.329 e. The molecule has 104 valence electrons. The van der Waals surface area contributed by atoms with Crippen molar-refractivity contribution in [3.05, 3.63) is 31.0 Å². The highest BCUT2D eigenvalue weighted by atomic mass is 16.2. The van der Waals surface area contributed by atoms with E-state index >= 15 is 0 Å². The summed E-state index contributed by atoms with van der Waals surface area (Å²) in [5, 5.41) is 6.87. The first-order valence-electron chi connectivity index (χ1n) is 6.56. The molecule has 1 aliphatic rings. The average Bonchev–Trinajstić information content (AvgIpc) is 2.93. The summed E-state index contributed by atoms with van der Waals surface area (Å²) in [6.07, 6.45) is 7.41. The molecule has 2 aromatic heterocycles. The summed E-state index contributed by atoms with van der Waals surface area (Å²) in [5.74, 6) is 0.638. The van der Waals surface area contributed by atoms with Crippen molar-refractivity contribution in [1.29, 1.82) is 0 Å². The molecule has 1 saturated carbocycles. The number of nitrogens with zero attached hydrogens (tertiary/aromatic N) is 4. The van der Waals surface area contributed by atoms with Crippen molar-refractivity contribution >= 4 is 11.6 Å². The summed E-state index contributed by atoms with van der Waals surface area (Å²) in [4.78, 5) is 20.3. The van der Waals surface area contributed by atoms with E-state index in [1.54, 1.807) is 29.3 Å². The van der Waals surface area contributed by atoms with Gasteiger partial charge in [-0.3, -0.25) is 4.79 Å². The number of rotatable bonds is 4. The summed E-state index contributed by atoms with van der Waals surface area (Å²) in [6.45, 7) is 0.392. The summed E-state index contributed by atoms with van der Waals surface area (Å²) < 4.78 is 1.55. The number of amides is 1. The van der Waals surface area contributed by atoms with Gasteiger partial charge >= 0.3 is 0 Å². The van der Waals surface area contributed by atoms with Crippen LogP contribution in [0.3, 0.4) is 0 Å². The van der Waals surface area contributed by atoms with E-state index in [0.717, 1.165) is 19.3 Å².